The van der Waals surface area contributed by atoms with Gasteiger partial charge in [0, 0.05) is 0 Å². The standard InChI is InChI=1S/C64H40N2/c1-66-50-38-36-47(37-39-50)60(45-18-6-3-7-19-45)41-62-53-22-10-14-26-57(53)64(58-27-15-11-23-54(58)62)49-34-32-48(33-35-49)63-55-24-12-8-20-51(55)61(52-21-9-13-25-56(52)63)40-59(44-16-4-2-5-17-44)46-30-28-43(42-65)29-31-46/h2-41H/b59-40-,60-41+. The lowest BCUT2D eigenvalue weighted by Gasteiger charge is -2.19. The van der Waals surface area contributed by atoms with Crippen LogP contribution in [-0.4, -0.2) is 0 Å². The van der Waals surface area contributed by atoms with E-state index in [0.29, 0.717) is 11.3 Å². The van der Waals surface area contributed by atoms with E-state index in [4.69, 9.17) is 6.57 Å². The van der Waals surface area contributed by atoms with Crippen LogP contribution in [0.3, 0.4) is 0 Å². The molecule has 0 spiro atoms. The minimum atomic E-state index is 0.626. The maximum absolute atomic E-state index is 9.58. The first-order chi connectivity index (χ1) is 32.7. The van der Waals surface area contributed by atoms with Crippen molar-refractivity contribution in [3.05, 3.63) is 281 Å². The summed E-state index contributed by atoms with van der Waals surface area (Å²) in [7, 11) is 0. The van der Waals surface area contributed by atoms with Crippen LogP contribution in [0.4, 0.5) is 5.69 Å². The highest BCUT2D eigenvalue weighted by molar-refractivity contribution is 6.21. The Morgan fingerprint density at radius 1 is 0.348 bits per heavy atom. The average molecular weight is 837 g/mol. The van der Waals surface area contributed by atoms with Crippen molar-refractivity contribution in [2.75, 3.05) is 0 Å². The van der Waals surface area contributed by atoms with E-state index in [0.717, 1.165) is 55.7 Å². The van der Waals surface area contributed by atoms with E-state index in [-0.39, 0.29) is 0 Å². The summed E-state index contributed by atoms with van der Waals surface area (Å²) in [5, 5.41) is 19.0. The van der Waals surface area contributed by atoms with Crippen molar-refractivity contribution < 1.29 is 0 Å². The number of nitriles is 1. The van der Waals surface area contributed by atoms with E-state index in [1.807, 2.05) is 36.4 Å². The second kappa shape index (κ2) is 17.2. The van der Waals surface area contributed by atoms with Gasteiger partial charge < -0.3 is 0 Å². The molecule has 0 radical (unpaired) electrons. The van der Waals surface area contributed by atoms with Crippen molar-refractivity contribution in [2.24, 2.45) is 0 Å². The van der Waals surface area contributed by atoms with Crippen molar-refractivity contribution in [3.63, 3.8) is 0 Å². The fourth-order valence-electron chi connectivity index (χ4n) is 9.69. The predicted octanol–water partition coefficient (Wildman–Crippen LogP) is 17.2. The number of hydrogen-bond acceptors (Lipinski definition) is 1. The van der Waals surface area contributed by atoms with Gasteiger partial charge in [-0.3, -0.25) is 0 Å². The molecule has 0 bridgehead atoms. The highest BCUT2D eigenvalue weighted by Crippen LogP contribution is 2.45. The molecule has 0 N–H and O–H groups in total. The van der Waals surface area contributed by atoms with Gasteiger partial charge in [0.2, 0.25) is 0 Å². The summed E-state index contributed by atoms with van der Waals surface area (Å²) in [5.41, 5.74) is 14.9. The quantitative estimate of drug-likeness (QED) is 0.0851. The third kappa shape index (κ3) is 7.20. The molecular weight excluding hydrogens is 797 g/mol. The number of rotatable bonds is 8. The average Bonchev–Trinajstić information content (AvgIpc) is 3.39. The molecule has 66 heavy (non-hydrogen) atoms. The molecule has 0 fully saturated rings. The number of nitrogens with zero attached hydrogens (tertiary/aromatic N) is 2. The number of hydrogen-bond donors (Lipinski definition) is 0. The van der Waals surface area contributed by atoms with Crippen LogP contribution >= 0.6 is 0 Å². The van der Waals surface area contributed by atoms with Crippen LogP contribution in [0.5, 0.6) is 0 Å². The summed E-state index contributed by atoms with van der Waals surface area (Å²) in [5.74, 6) is 0. The third-order valence-corrected chi connectivity index (χ3v) is 12.8. The summed E-state index contributed by atoms with van der Waals surface area (Å²) < 4.78 is 0. The highest BCUT2D eigenvalue weighted by Gasteiger charge is 2.19. The fourth-order valence-corrected chi connectivity index (χ4v) is 9.69. The molecule has 11 aromatic rings. The van der Waals surface area contributed by atoms with E-state index in [1.165, 1.54) is 54.2 Å². The number of benzene rings is 11. The topological polar surface area (TPSA) is 28.1 Å². The maximum Gasteiger partial charge on any atom is 0.187 e. The second-order valence-corrected chi connectivity index (χ2v) is 16.5. The lowest BCUT2D eigenvalue weighted by Crippen LogP contribution is -1.94. The molecular formula is C64H40N2. The smallest absolute Gasteiger partial charge is 0.187 e. The minimum Gasteiger partial charge on any atom is -0.238 e. The Kier molecular flexibility index (Phi) is 10.4. The first-order valence-corrected chi connectivity index (χ1v) is 22.2. The van der Waals surface area contributed by atoms with Crippen molar-refractivity contribution in [1.82, 2.24) is 0 Å². The molecule has 0 aliphatic rings. The van der Waals surface area contributed by atoms with Crippen molar-refractivity contribution in [2.45, 2.75) is 0 Å². The Labute approximate surface area is 384 Å². The molecule has 0 aliphatic heterocycles. The van der Waals surface area contributed by atoms with Gasteiger partial charge in [0.15, 0.2) is 5.69 Å². The first-order valence-electron chi connectivity index (χ1n) is 22.2. The zero-order valence-electron chi connectivity index (χ0n) is 36.0. The van der Waals surface area contributed by atoms with E-state index in [1.54, 1.807) is 0 Å². The van der Waals surface area contributed by atoms with Crippen molar-refractivity contribution in [1.29, 1.82) is 5.26 Å². The van der Waals surface area contributed by atoms with Crippen molar-refractivity contribution >= 4 is 72.1 Å². The van der Waals surface area contributed by atoms with E-state index >= 15 is 0 Å². The maximum atomic E-state index is 9.58. The van der Waals surface area contributed by atoms with E-state index in [9.17, 15) is 5.26 Å². The van der Waals surface area contributed by atoms with Crippen LogP contribution in [0.1, 0.15) is 38.9 Å². The van der Waals surface area contributed by atoms with Gasteiger partial charge in [0.25, 0.3) is 0 Å². The summed E-state index contributed by atoms with van der Waals surface area (Å²) in [6.45, 7) is 7.55. The van der Waals surface area contributed by atoms with E-state index in [2.05, 4.69) is 217 Å². The van der Waals surface area contributed by atoms with Crippen molar-refractivity contribution in [3.8, 4) is 28.3 Å². The SMILES string of the molecule is [C-]#[N+]c1ccc(/C(=C/c2c3ccccc3c(-c3ccc(-c4c5ccccc5c(/C=C(/c5ccccc5)c5ccc(C#N)cc5)c5ccccc45)cc3)c3ccccc23)c2ccccc2)cc1. The third-order valence-electron chi connectivity index (χ3n) is 12.8. The first kappa shape index (κ1) is 39.7. The van der Waals surface area contributed by atoms with Crippen LogP contribution < -0.4 is 0 Å². The highest BCUT2D eigenvalue weighted by atomic mass is 14.6. The Balaban J connectivity index is 1.08. The molecule has 0 unspecified atom stereocenters. The van der Waals surface area contributed by atoms with Crippen LogP contribution in [-0.2, 0) is 0 Å². The predicted molar refractivity (Wildman–Crippen MR) is 278 cm³/mol. The zero-order chi connectivity index (χ0) is 44.4. The van der Waals surface area contributed by atoms with Gasteiger partial charge in [-0.2, -0.15) is 5.26 Å². The molecule has 0 aliphatic carbocycles. The van der Waals surface area contributed by atoms with Gasteiger partial charge in [0.05, 0.1) is 18.2 Å². The summed E-state index contributed by atoms with van der Waals surface area (Å²) in [4.78, 5) is 3.65. The Morgan fingerprint density at radius 2 is 0.652 bits per heavy atom. The summed E-state index contributed by atoms with van der Waals surface area (Å²) in [6, 6.07) is 83.4. The van der Waals surface area contributed by atoms with Crippen LogP contribution in [0.15, 0.2) is 231 Å². The molecule has 0 heterocycles. The van der Waals surface area contributed by atoms with Gasteiger partial charge in [-0.05, 0) is 134 Å². The van der Waals surface area contributed by atoms with Gasteiger partial charge in [-0.15, -0.1) is 0 Å². The van der Waals surface area contributed by atoms with Crippen LogP contribution in [0.25, 0.3) is 93.5 Å². The summed E-state index contributed by atoms with van der Waals surface area (Å²) in [6.07, 6.45) is 4.67. The molecule has 2 heteroatoms. The lowest BCUT2D eigenvalue weighted by molar-refractivity contribution is 1.47. The Bertz CT molecular complexity index is 3410. The minimum absolute atomic E-state index is 0.626. The van der Waals surface area contributed by atoms with Crippen LogP contribution in [0, 0.1) is 17.9 Å². The Hall–Kier alpha value is -9.08. The molecule has 0 amide bonds. The molecule has 11 rings (SSSR count). The molecule has 0 saturated heterocycles. The molecule has 2 nitrogen and oxygen atoms in total. The van der Waals surface area contributed by atoms with Gasteiger partial charge >= 0.3 is 0 Å². The Morgan fingerprint density at radius 3 is 0.985 bits per heavy atom. The molecule has 11 aromatic carbocycles. The normalized spacial score (nSPS) is 11.8. The van der Waals surface area contributed by atoms with Gasteiger partial charge in [0.1, 0.15) is 0 Å². The molecule has 0 aromatic heterocycles. The molecule has 306 valence electrons. The second-order valence-electron chi connectivity index (χ2n) is 16.5. The largest absolute Gasteiger partial charge is 0.238 e. The van der Waals surface area contributed by atoms with Crippen LogP contribution in [0.2, 0.25) is 0 Å². The summed E-state index contributed by atoms with van der Waals surface area (Å²) >= 11 is 0. The monoisotopic (exact) mass is 836 g/mol. The fraction of sp³-hybridized carbons (Fsp3) is 0. The van der Waals surface area contributed by atoms with E-state index < -0.39 is 0 Å². The van der Waals surface area contributed by atoms with Gasteiger partial charge in [-0.1, -0.05) is 218 Å². The zero-order valence-corrected chi connectivity index (χ0v) is 36.0. The lowest BCUT2D eigenvalue weighted by atomic mass is 9.84. The molecule has 0 saturated carbocycles. The number of fused-ring (bicyclic) bond motifs is 4. The molecule has 0 atom stereocenters. The van der Waals surface area contributed by atoms with Gasteiger partial charge in [-0.25, -0.2) is 4.85 Å².